The van der Waals surface area contributed by atoms with Gasteiger partial charge in [-0.2, -0.15) is 11.8 Å². The summed E-state index contributed by atoms with van der Waals surface area (Å²) >= 11 is 1.94. The van der Waals surface area contributed by atoms with E-state index >= 15 is 0 Å². The fourth-order valence-corrected chi connectivity index (χ4v) is 3.35. The predicted molar refractivity (Wildman–Crippen MR) is 77.7 cm³/mol. The second-order valence-corrected chi connectivity index (χ2v) is 5.91. The van der Waals surface area contributed by atoms with Gasteiger partial charge in [0.2, 0.25) is 0 Å². The molecule has 0 bridgehead atoms. The Kier molecular flexibility index (Phi) is 4.52. The summed E-state index contributed by atoms with van der Waals surface area (Å²) in [5.41, 5.74) is 6.43. The van der Waals surface area contributed by atoms with Crippen LogP contribution in [0.3, 0.4) is 0 Å². The molecule has 1 aliphatic rings. The van der Waals surface area contributed by atoms with Crippen LogP contribution in [-0.4, -0.2) is 35.1 Å². The largest absolute Gasteiger partial charge is 0.409 e. The summed E-state index contributed by atoms with van der Waals surface area (Å²) in [6.45, 7) is 3.86. The molecule has 1 fully saturated rings. The van der Waals surface area contributed by atoms with Crippen LogP contribution in [0.4, 0.5) is 10.1 Å². The van der Waals surface area contributed by atoms with E-state index in [0.717, 1.165) is 25.3 Å². The Morgan fingerprint density at radius 3 is 3.05 bits per heavy atom. The van der Waals surface area contributed by atoms with E-state index in [1.165, 1.54) is 6.07 Å². The predicted octanol–water partition coefficient (Wildman–Crippen LogP) is 2.25. The lowest BCUT2D eigenvalue weighted by molar-refractivity contribution is 0.318. The van der Waals surface area contributed by atoms with Gasteiger partial charge in [-0.15, -0.1) is 0 Å². The van der Waals surface area contributed by atoms with Gasteiger partial charge in [-0.1, -0.05) is 12.1 Å². The quantitative estimate of drug-likeness (QED) is 0.386. The molecule has 104 valence electrons. The highest BCUT2D eigenvalue weighted by Gasteiger charge is 2.21. The highest BCUT2D eigenvalue weighted by atomic mass is 32.2. The number of amidine groups is 1. The van der Waals surface area contributed by atoms with E-state index in [4.69, 9.17) is 10.9 Å². The first kappa shape index (κ1) is 14.0. The summed E-state index contributed by atoms with van der Waals surface area (Å²) in [6.07, 6.45) is 1.09. The molecule has 1 aromatic rings. The maximum Gasteiger partial charge on any atom is 0.170 e. The maximum absolute atomic E-state index is 14.1. The zero-order valence-corrected chi connectivity index (χ0v) is 11.7. The SMILES string of the molecule is CCC1CN(c2ccc(/C(N)=N/O)cc2F)CCS1. The molecule has 1 saturated heterocycles. The Hall–Kier alpha value is -1.43. The van der Waals surface area contributed by atoms with Crippen molar-refractivity contribution >= 4 is 23.3 Å². The summed E-state index contributed by atoms with van der Waals surface area (Å²) in [4.78, 5) is 2.07. The van der Waals surface area contributed by atoms with Crippen molar-refractivity contribution in [3.05, 3.63) is 29.6 Å². The molecule has 0 radical (unpaired) electrons. The van der Waals surface area contributed by atoms with Gasteiger partial charge in [0.15, 0.2) is 5.84 Å². The number of hydrogen-bond acceptors (Lipinski definition) is 4. The molecule has 0 aromatic heterocycles. The lowest BCUT2D eigenvalue weighted by atomic mass is 10.1. The fourth-order valence-electron chi connectivity index (χ4n) is 2.17. The zero-order valence-electron chi connectivity index (χ0n) is 10.8. The minimum Gasteiger partial charge on any atom is -0.409 e. The van der Waals surface area contributed by atoms with Crippen molar-refractivity contribution in [2.24, 2.45) is 10.9 Å². The minimum atomic E-state index is -0.328. The lowest BCUT2D eigenvalue weighted by Gasteiger charge is -2.33. The molecule has 0 aliphatic carbocycles. The van der Waals surface area contributed by atoms with Gasteiger partial charge < -0.3 is 15.8 Å². The van der Waals surface area contributed by atoms with Crippen LogP contribution in [0.1, 0.15) is 18.9 Å². The molecular weight excluding hydrogens is 265 g/mol. The van der Waals surface area contributed by atoms with Crippen LogP contribution in [0.2, 0.25) is 0 Å². The molecule has 0 saturated carbocycles. The summed E-state index contributed by atoms with van der Waals surface area (Å²) in [7, 11) is 0. The Morgan fingerprint density at radius 1 is 1.63 bits per heavy atom. The number of anilines is 1. The zero-order chi connectivity index (χ0) is 13.8. The average molecular weight is 283 g/mol. The highest BCUT2D eigenvalue weighted by Crippen LogP contribution is 2.28. The standard InChI is InChI=1S/C13H18FN3OS/c1-2-10-8-17(5-6-19-10)12-4-3-9(7-11(12)14)13(15)16-18/h3-4,7,10,18H,2,5-6,8H2,1H3,(H2,15,16). The fraction of sp³-hybridized carbons (Fsp3) is 0.462. The molecule has 1 atom stereocenters. The van der Waals surface area contributed by atoms with E-state index in [-0.39, 0.29) is 11.7 Å². The number of benzene rings is 1. The molecule has 0 spiro atoms. The van der Waals surface area contributed by atoms with Gasteiger partial charge in [0.05, 0.1) is 5.69 Å². The van der Waals surface area contributed by atoms with Crippen molar-refractivity contribution in [1.82, 2.24) is 0 Å². The van der Waals surface area contributed by atoms with Crippen LogP contribution in [0, 0.1) is 5.82 Å². The number of oxime groups is 1. The number of halogens is 1. The van der Waals surface area contributed by atoms with Crippen LogP contribution >= 0.6 is 11.8 Å². The molecule has 4 nitrogen and oxygen atoms in total. The van der Waals surface area contributed by atoms with E-state index in [1.807, 2.05) is 11.8 Å². The first-order chi connectivity index (χ1) is 9.15. The Bertz CT molecular complexity index is 481. The van der Waals surface area contributed by atoms with Crippen LogP contribution in [0.25, 0.3) is 0 Å². The van der Waals surface area contributed by atoms with E-state index in [0.29, 0.717) is 16.5 Å². The Labute approximate surface area is 116 Å². The molecule has 1 aromatic carbocycles. The molecule has 0 amide bonds. The van der Waals surface area contributed by atoms with Gasteiger partial charge in [0, 0.05) is 29.7 Å². The Balaban J connectivity index is 2.21. The smallest absolute Gasteiger partial charge is 0.170 e. The maximum atomic E-state index is 14.1. The molecule has 1 heterocycles. The summed E-state index contributed by atoms with van der Waals surface area (Å²) < 4.78 is 14.1. The van der Waals surface area contributed by atoms with Gasteiger partial charge in [-0.25, -0.2) is 4.39 Å². The normalized spacial score (nSPS) is 20.6. The van der Waals surface area contributed by atoms with Gasteiger partial charge in [-0.3, -0.25) is 0 Å². The lowest BCUT2D eigenvalue weighted by Crippen LogP contribution is -2.38. The first-order valence-corrected chi connectivity index (χ1v) is 7.34. The molecule has 1 aliphatic heterocycles. The molecule has 6 heteroatoms. The third-order valence-corrected chi connectivity index (χ3v) is 4.66. The molecule has 1 unspecified atom stereocenters. The van der Waals surface area contributed by atoms with Crippen molar-refractivity contribution in [3.63, 3.8) is 0 Å². The Morgan fingerprint density at radius 2 is 2.42 bits per heavy atom. The van der Waals surface area contributed by atoms with Gasteiger partial charge in [0.1, 0.15) is 5.82 Å². The van der Waals surface area contributed by atoms with Crippen molar-refractivity contribution < 1.29 is 9.60 Å². The second-order valence-electron chi connectivity index (χ2n) is 4.50. The van der Waals surface area contributed by atoms with Crippen LogP contribution in [0.5, 0.6) is 0 Å². The number of thioether (sulfide) groups is 1. The molecule has 19 heavy (non-hydrogen) atoms. The van der Waals surface area contributed by atoms with E-state index in [9.17, 15) is 4.39 Å². The number of rotatable bonds is 3. The van der Waals surface area contributed by atoms with E-state index < -0.39 is 0 Å². The molecule has 2 rings (SSSR count). The second kappa shape index (κ2) is 6.14. The van der Waals surface area contributed by atoms with E-state index in [1.54, 1.807) is 12.1 Å². The first-order valence-electron chi connectivity index (χ1n) is 6.29. The van der Waals surface area contributed by atoms with Crippen LogP contribution in [-0.2, 0) is 0 Å². The average Bonchev–Trinajstić information content (AvgIpc) is 2.46. The third kappa shape index (κ3) is 3.12. The van der Waals surface area contributed by atoms with Crippen molar-refractivity contribution in [1.29, 1.82) is 0 Å². The number of nitrogens with two attached hydrogens (primary N) is 1. The minimum absolute atomic E-state index is 0.0777. The molecular formula is C13H18FN3OS. The summed E-state index contributed by atoms with van der Waals surface area (Å²) in [5.74, 6) is 0.608. The van der Waals surface area contributed by atoms with Crippen LogP contribution < -0.4 is 10.6 Å². The van der Waals surface area contributed by atoms with Crippen LogP contribution in [0.15, 0.2) is 23.4 Å². The topological polar surface area (TPSA) is 61.8 Å². The number of nitrogens with zero attached hydrogens (tertiary/aromatic N) is 2. The van der Waals surface area contributed by atoms with Gasteiger partial charge in [0.25, 0.3) is 0 Å². The number of hydrogen-bond donors (Lipinski definition) is 2. The van der Waals surface area contributed by atoms with Crippen molar-refractivity contribution in [2.45, 2.75) is 18.6 Å². The van der Waals surface area contributed by atoms with Crippen molar-refractivity contribution in [3.8, 4) is 0 Å². The summed E-state index contributed by atoms with van der Waals surface area (Å²) in [6, 6.07) is 4.69. The molecule has 3 N–H and O–H groups in total. The highest BCUT2D eigenvalue weighted by molar-refractivity contribution is 8.00. The van der Waals surface area contributed by atoms with Gasteiger partial charge >= 0.3 is 0 Å². The third-order valence-electron chi connectivity index (χ3n) is 3.29. The summed E-state index contributed by atoms with van der Waals surface area (Å²) in [5, 5.41) is 12.0. The van der Waals surface area contributed by atoms with E-state index in [2.05, 4.69) is 17.0 Å². The monoisotopic (exact) mass is 283 g/mol. The van der Waals surface area contributed by atoms with Crippen molar-refractivity contribution in [2.75, 3.05) is 23.7 Å². The van der Waals surface area contributed by atoms with Gasteiger partial charge in [-0.05, 0) is 24.6 Å².